The lowest BCUT2D eigenvalue weighted by molar-refractivity contribution is 0.0913. The number of fused-ring (bicyclic) bond motifs is 2. The Kier molecular flexibility index (Phi) is 4.94. The molecule has 0 saturated heterocycles. The molecule has 0 saturated carbocycles. The summed E-state index contributed by atoms with van der Waals surface area (Å²) >= 11 is 0. The first-order valence-electron chi connectivity index (χ1n) is 9.95. The Bertz CT molecular complexity index is 958. The normalized spacial score (nSPS) is 15.4. The Morgan fingerprint density at radius 2 is 1.83 bits per heavy atom. The van der Waals surface area contributed by atoms with Gasteiger partial charge in [0.15, 0.2) is 17.3 Å². The van der Waals surface area contributed by atoms with Gasteiger partial charge in [-0.05, 0) is 52.2 Å². The van der Waals surface area contributed by atoms with Crippen LogP contribution >= 0.6 is 0 Å². The third kappa shape index (κ3) is 4.06. The molecule has 0 atom stereocenters. The highest BCUT2D eigenvalue weighted by atomic mass is 16.6. The van der Waals surface area contributed by atoms with Crippen molar-refractivity contribution < 1.29 is 19.1 Å². The van der Waals surface area contributed by atoms with Gasteiger partial charge in [-0.15, -0.1) is 0 Å². The van der Waals surface area contributed by atoms with E-state index >= 15 is 0 Å². The lowest BCUT2D eigenvalue weighted by Crippen LogP contribution is -2.41. The zero-order valence-corrected chi connectivity index (χ0v) is 17.0. The van der Waals surface area contributed by atoms with Crippen LogP contribution in [-0.4, -0.2) is 40.1 Å². The maximum absolute atomic E-state index is 13.0. The fourth-order valence-corrected chi connectivity index (χ4v) is 3.61. The van der Waals surface area contributed by atoms with Gasteiger partial charge in [0, 0.05) is 23.8 Å². The molecule has 0 fully saturated rings. The SMILES string of the molecule is CC(C)(C)NC(=O)c1nc(C(=O)Nc2ccc3c(c2)OCCO3)n2c1CCCC2. The maximum Gasteiger partial charge on any atom is 0.291 e. The predicted molar refractivity (Wildman–Crippen MR) is 108 cm³/mol. The minimum atomic E-state index is -0.379. The molecule has 29 heavy (non-hydrogen) atoms. The van der Waals surface area contributed by atoms with E-state index in [9.17, 15) is 9.59 Å². The molecule has 3 heterocycles. The third-order valence-electron chi connectivity index (χ3n) is 4.82. The van der Waals surface area contributed by atoms with Gasteiger partial charge < -0.3 is 24.7 Å². The number of hydrogen-bond acceptors (Lipinski definition) is 5. The Hall–Kier alpha value is -3.03. The number of ether oxygens (including phenoxy) is 2. The van der Waals surface area contributed by atoms with Crippen LogP contribution in [0.25, 0.3) is 0 Å². The Morgan fingerprint density at radius 3 is 2.59 bits per heavy atom. The van der Waals surface area contributed by atoms with Gasteiger partial charge in [-0.25, -0.2) is 4.98 Å². The van der Waals surface area contributed by atoms with Gasteiger partial charge in [-0.3, -0.25) is 9.59 Å². The Morgan fingerprint density at radius 1 is 1.07 bits per heavy atom. The molecule has 0 unspecified atom stereocenters. The molecule has 8 heteroatoms. The second kappa shape index (κ2) is 7.42. The first kappa shape index (κ1) is 19.3. The van der Waals surface area contributed by atoms with Crippen molar-refractivity contribution in [2.24, 2.45) is 0 Å². The molecule has 2 aliphatic heterocycles. The molecule has 1 aromatic heterocycles. The molecular formula is C21H26N4O4. The molecule has 0 radical (unpaired) electrons. The lowest BCUT2D eigenvalue weighted by Gasteiger charge is -2.21. The standard InChI is InChI=1S/C21H26N4O4/c1-21(2,3)24-19(26)17-14-6-4-5-9-25(14)18(23-17)20(27)22-13-7-8-15-16(12-13)29-11-10-28-15/h7-8,12H,4-6,9-11H2,1-3H3,(H,22,27)(H,24,26). The predicted octanol–water partition coefficient (Wildman–Crippen LogP) is 2.77. The minimum Gasteiger partial charge on any atom is -0.486 e. The smallest absolute Gasteiger partial charge is 0.291 e. The summed E-state index contributed by atoms with van der Waals surface area (Å²) in [4.78, 5) is 30.2. The van der Waals surface area contributed by atoms with Crippen LogP contribution in [0.5, 0.6) is 11.5 Å². The highest BCUT2D eigenvalue weighted by Gasteiger charge is 2.29. The summed E-state index contributed by atoms with van der Waals surface area (Å²) in [5.41, 5.74) is 1.38. The summed E-state index contributed by atoms with van der Waals surface area (Å²) in [6.45, 7) is 7.42. The minimum absolute atomic E-state index is 0.249. The molecule has 2 amide bonds. The molecule has 2 aromatic rings. The van der Waals surface area contributed by atoms with Crippen molar-refractivity contribution in [3.63, 3.8) is 0 Å². The fraction of sp³-hybridized carbons (Fsp3) is 0.476. The Balaban J connectivity index is 1.61. The van der Waals surface area contributed by atoms with E-state index < -0.39 is 0 Å². The largest absolute Gasteiger partial charge is 0.486 e. The van der Waals surface area contributed by atoms with Crippen molar-refractivity contribution in [1.82, 2.24) is 14.9 Å². The van der Waals surface area contributed by atoms with Crippen molar-refractivity contribution in [1.29, 1.82) is 0 Å². The number of carbonyl (C=O) groups is 2. The van der Waals surface area contributed by atoms with Crippen molar-refractivity contribution in [2.75, 3.05) is 18.5 Å². The molecule has 2 N–H and O–H groups in total. The summed E-state index contributed by atoms with van der Waals surface area (Å²) in [6, 6.07) is 5.27. The highest BCUT2D eigenvalue weighted by Crippen LogP contribution is 2.33. The topological polar surface area (TPSA) is 94.5 Å². The zero-order valence-electron chi connectivity index (χ0n) is 17.0. The van der Waals surface area contributed by atoms with Crippen molar-refractivity contribution in [3.05, 3.63) is 35.4 Å². The van der Waals surface area contributed by atoms with E-state index in [0.717, 1.165) is 25.0 Å². The molecule has 0 spiro atoms. The summed E-state index contributed by atoms with van der Waals surface area (Å²) in [5.74, 6) is 0.924. The van der Waals surface area contributed by atoms with E-state index in [1.807, 2.05) is 25.3 Å². The fourth-order valence-electron chi connectivity index (χ4n) is 3.61. The number of nitrogens with one attached hydrogen (secondary N) is 2. The first-order chi connectivity index (χ1) is 13.8. The van der Waals surface area contributed by atoms with Crippen LogP contribution in [0.2, 0.25) is 0 Å². The van der Waals surface area contributed by atoms with Gasteiger partial charge in [0.25, 0.3) is 11.8 Å². The number of aromatic nitrogens is 2. The summed E-state index contributed by atoms with van der Waals surface area (Å²) in [7, 11) is 0. The number of anilines is 1. The van der Waals surface area contributed by atoms with E-state index in [0.29, 0.717) is 42.6 Å². The number of imidazole rings is 1. The van der Waals surface area contributed by atoms with Gasteiger partial charge in [0.1, 0.15) is 18.9 Å². The van der Waals surface area contributed by atoms with E-state index in [4.69, 9.17) is 9.47 Å². The number of rotatable bonds is 3. The van der Waals surface area contributed by atoms with Crippen LogP contribution in [0.1, 0.15) is 60.4 Å². The summed E-state index contributed by atoms with van der Waals surface area (Å²) < 4.78 is 13.0. The van der Waals surface area contributed by atoms with Crippen LogP contribution in [0.3, 0.4) is 0 Å². The molecule has 0 aliphatic carbocycles. The van der Waals surface area contributed by atoms with Crippen LogP contribution in [-0.2, 0) is 13.0 Å². The third-order valence-corrected chi connectivity index (χ3v) is 4.82. The van der Waals surface area contributed by atoms with Gasteiger partial charge in [0.2, 0.25) is 0 Å². The first-order valence-corrected chi connectivity index (χ1v) is 9.95. The second-order valence-electron chi connectivity index (χ2n) is 8.36. The van der Waals surface area contributed by atoms with Gasteiger partial charge in [-0.1, -0.05) is 0 Å². The molecule has 4 rings (SSSR count). The number of benzene rings is 1. The Labute approximate surface area is 169 Å². The van der Waals surface area contributed by atoms with Crippen molar-refractivity contribution in [3.8, 4) is 11.5 Å². The van der Waals surface area contributed by atoms with Crippen LogP contribution in [0, 0.1) is 0 Å². The molecule has 8 nitrogen and oxygen atoms in total. The van der Waals surface area contributed by atoms with E-state index in [-0.39, 0.29) is 23.2 Å². The van der Waals surface area contributed by atoms with Crippen LogP contribution < -0.4 is 20.1 Å². The van der Waals surface area contributed by atoms with Crippen molar-refractivity contribution in [2.45, 2.75) is 52.1 Å². The monoisotopic (exact) mass is 398 g/mol. The number of hydrogen-bond donors (Lipinski definition) is 2. The highest BCUT2D eigenvalue weighted by molar-refractivity contribution is 6.04. The summed E-state index contributed by atoms with van der Waals surface area (Å²) in [5, 5.41) is 5.81. The van der Waals surface area contributed by atoms with E-state index in [1.165, 1.54) is 0 Å². The number of nitrogens with zero attached hydrogens (tertiary/aromatic N) is 2. The van der Waals surface area contributed by atoms with Gasteiger partial charge in [0.05, 0.1) is 5.69 Å². The molecule has 2 aliphatic rings. The van der Waals surface area contributed by atoms with E-state index in [2.05, 4.69) is 15.6 Å². The van der Waals surface area contributed by atoms with Gasteiger partial charge in [-0.2, -0.15) is 0 Å². The van der Waals surface area contributed by atoms with Gasteiger partial charge >= 0.3 is 0 Å². The average Bonchev–Trinajstić information content (AvgIpc) is 3.07. The molecular weight excluding hydrogens is 372 g/mol. The lowest BCUT2D eigenvalue weighted by atomic mass is 10.1. The molecule has 0 bridgehead atoms. The van der Waals surface area contributed by atoms with Crippen LogP contribution in [0.4, 0.5) is 5.69 Å². The second-order valence-corrected chi connectivity index (χ2v) is 8.36. The van der Waals surface area contributed by atoms with Crippen molar-refractivity contribution >= 4 is 17.5 Å². The average molecular weight is 398 g/mol. The zero-order chi connectivity index (χ0) is 20.6. The van der Waals surface area contributed by atoms with E-state index in [1.54, 1.807) is 18.2 Å². The number of carbonyl (C=O) groups excluding carboxylic acids is 2. The maximum atomic E-state index is 13.0. The molecule has 154 valence electrons. The van der Waals surface area contributed by atoms with Crippen LogP contribution in [0.15, 0.2) is 18.2 Å². The quantitative estimate of drug-likeness (QED) is 0.829. The number of amides is 2. The summed E-state index contributed by atoms with van der Waals surface area (Å²) in [6.07, 6.45) is 2.66. The molecule has 1 aromatic carbocycles.